The quantitative estimate of drug-likeness (QED) is 0.646. The summed E-state index contributed by atoms with van der Waals surface area (Å²) in [6.45, 7) is 2.01. The van der Waals surface area contributed by atoms with Crippen molar-refractivity contribution in [2.45, 2.75) is 32.2 Å². The number of amides is 4. The molecule has 34 heavy (non-hydrogen) atoms. The van der Waals surface area contributed by atoms with Gasteiger partial charge in [0.2, 0.25) is 17.7 Å². The van der Waals surface area contributed by atoms with E-state index in [2.05, 4.69) is 15.6 Å². The molecule has 178 valence electrons. The van der Waals surface area contributed by atoms with Crippen LogP contribution < -0.4 is 15.5 Å². The summed E-state index contributed by atoms with van der Waals surface area (Å²) in [6, 6.07) is 10.6. The van der Waals surface area contributed by atoms with Gasteiger partial charge in [-0.15, -0.1) is 0 Å². The van der Waals surface area contributed by atoms with Gasteiger partial charge in [-0.05, 0) is 55.2 Å². The Morgan fingerprint density at radius 2 is 1.76 bits per heavy atom. The second kappa shape index (κ2) is 10.9. The SMILES string of the molecule is O=C(NCC(=O)N1CCC(C(=O)NCc2cccnc2)CC1)c1ccc(N2CCCC2=O)cc1. The molecule has 4 amide bonds. The normalized spacial score (nSPS) is 16.4. The van der Waals surface area contributed by atoms with Gasteiger partial charge in [-0.1, -0.05) is 6.07 Å². The van der Waals surface area contributed by atoms with Gasteiger partial charge in [0.1, 0.15) is 0 Å². The highest BCUT2D eigenvalue weighted by atomic mass is 16.2. The first-order valence-electron chi connectivity index (χ1n) is 11.6. The number of nitrogens with one attached hydrogen (secondary N) is 2. The van der Waals surface area contributed by atoms with Crippen LogP contribution >= 0.6 is 0 Å². The fourth-order valence-corrected chi connectivity index (χ4v) is 4.31. The summed E-state index contributed by atoms with van der Waals surface area (Å²) < 4.78 is 0. The summed E-state index contributed by atoms with van der Waals surface area (Å²) in [7, 11) is 0. The molecule has 0 bridgehead atoms. The molecule has 4 rings (SSSR count). The first kappa shape index (κ1) is 23.4. The number of anilines is 1. The molecule has 2 aromatic rings. The Labute approximate surface area is 198 Å². The van der Waals surface area contributed by atoms with Crippen LogP contribution in [0.5, 0.6) is 0 Å². The fraction of sp³-hybridized carbons (Fsp3) is 0.400. The van der Waals surface area contributed by atoms with Crippen molar-refractivity contribution in [2.75, 3.05) is 31.1 Å². The van der Waals surface area contributed by atoms with Crippen molar-refractivity contribution in [3.63, 3.8) is 0 Å². The number of aromatic nitrogens is 1. The number of carbonyl (C=O) groups is 4. The monoisotopic (exact) mass is 463 g/mol. The molecule has 3 heterocycles. The number of benzene rings is 1. The molecule has 0 atom stereocenters. The zero-order valence-electron chi connectivity index (χ0n) is 19.0. The van der Waals surface area contributed by atoms with E-state index in [1.165, 1.54) is 0 Å². The van der Waals surface area contributed by atoms with Crippen LogP contribution in [0.15, 0.2) is 48.8 Å². The summed E-state index contributed by atoms with van der Waals surface area (Å²) in [5.41, 5.74) is 2.16. The zero-order chi connectivity index (χ0) is 23.9. The van der Waals surface area contributed by atoms with E-state index in [1.54, 1.807) is 46.5 Å². The topological polar surface area (TPSA) is 112 Å². The Hall–Kier alpha value is -3.75. The van der Waals surface area contributed by atoms with E-state index in [0.29, 0.717) is 51.0 Å². The standard InChI is InChI=1S/C25H29N5O4/c31-22-4-2-12-30(22)21-7-5-19(6-8-21)24(33)28-17-23(32)29-13-9-20(10-14-29)25(34)27-16-18-3-1-11-26-15-18/h1,3,5-8,11,15,20H,2,4,9-10,12-14,16-17H2,(H,27,34)(H,28,33). The maximum atomic E-state index is 12.5. The van der Waals surface area contributed by atoms with Gasteiger partial charge < -0.3 is 20.4 Å². The Morgan fingerprint density at radius 1 is 1.00 bits per heavy atom. The van der Waals surface area contributed by atoms with Crippen LogP contribution in [0, 0.1) is 5.92 Å². The van der Waals surface area contributed by atoms with Crippen LogP contribution in [0.25, 0.3) is 0 Å². The van der Waals surface area contributed by atoms with Gasteiger partial charge in [0.05, 0.1) is 6.54 Å². The van der Waals surface area contributed by atoms with E-state index in [-0.39, 0.29) is 36.1 Å². The molecule has 2 fully saturated rings. The van der Waals surface area contributed by atoms with Gasteiger partial charge in [0.25, 0.3) is 5.91 Å². The van der Waals surface area contributed by atoms with E-state index in [9.17, 15) is 19.2 Å². The minimum absolute atomic E-state index is 0.0108. The van der Waals surface area contributed by atoms with E-state index >= 15 is 0 Å². The molecule has 2 saturated heterocycles. The Kier molecular flexibility index (Phi) is 7.51. The fourth-order valence-electron chi connectivity index (χ4n) is 4.31. The number of pyridine rings is 1. The van der Waals surface area contributed by atoms with Crippen molar-refractivity contribution in [3.8, 4) is 0 Å². The Morgan fingerprint density at radius 3 is 2.41 bits per heavy atom. The molecule has 0 radical (unpaired) electrons. The lowest BCUT2D eigenvalue weighted by molar-refractivity contribution is -0.134. The highest BCUT2D eigenvalue weighted by Gasteiger charge is 2.27. The van der Waals surface area contributed by atoms with Crippen LogP contribution in [0.4, 0.5) is 5.69 Å². The van der Waals surface area contributed by atoms with Crippen molar-refractivity contribution >= 4 is 29.3 Å². The summed E-state index contributed by atoms with van der Waals surface area (Å²) in [6.07, 6.45) is 5.99. The average Bonchev–Trinajstić information content (AvgIpc) is 3.32. The lowest BCUT2D eigenvalue weighted by atomic mass is 9.95. The lowest BCUT2D eigenvalue weighted by Crippen LogP contribution is -2.46. The van der Waals surface area contributed by atoms with E-state index < -0.39 is 0 Å². The van der Waals surface area contributed by atoms with Gasteiger partial charge in [-0.3, -0.25) is 24.2 Å². The van der Waals surface area contributed by atoms with Gasteiger partial charge in [-0.2, -0.15) is 0 Å². The van der Waals surface area contributed by atoms with Gasteiger partial charge in [0, 0.05) is 62.2 Å². The van der Waals surface area contributed by atoms with E-state index in [4.69, 9.17) is 0 Å². The second-order valence-corrected chi connectivity index (χ2v) is 8.61. The number of rotatable bonds is 7. The van der Waals surface area contributed by atoms with Crippen molar-refractivity contribution in [2.24, 2.45) is 5.92 Å². The van der Waals surface area contributed by atoms with E-state index in [1.807, 2.05) is 12.1 Å². The molecule has 0 saturated carbocycles. The Balaban J connectivity index is 1.18. The molecule has 2 aliphatic rings. The molecule has 1 aromatic carbocycles. The molecular formula is C25H29N5O4. The largest absolute Gasteiger partial charge is 0.352 e. The minimum Gasteiger partial charge on any atom is -0.352 e. The zero-order valence-corrected chi connectivity index (χ0v) is 19.0. The van der Waals surface area contributed by atoms with Crippen LogP contribution in [-0.2, 0) is 20.9 Å². The van der Waals surface area contributed by atoms with Crippen molar-refractivity contribution in [1.82, 2.24) is 20.5 Å². The number of hydrogen-bond donors (Lipinski definition) is 2. The van der Waals surface area contributed by atoms with Crippen molar-refractivity contribution < 1.29 is 19.2 Å². The van der Waals surface area contributed by atoms with Crippen LogP contribution in [-0.4, -0.2) is 59.7 Å². The lowest BCUT2D eigenvalue weighted by Gasteiger charge is -2.31. The first-order chi connectivity index (χ1) is 16.5. The molecule has 0 unspecified atom stereocenters. The number of nitrogens with zero attached hydrogens (tertiary/aromatic N) is 3. The van der Waals surface area contributed by atoms with Crippen molar-refractivity contribution in [1.29, 1.82) is 0 Å². The van der Waals surface area contributed by atoms with Gasteiger partial charge >= 0.3 is 0 Å². The molecule has 0 aliphatic carbocycles. The molecule has 0 spiro atoms. The molecule has 2 aliphatic heterocycles. The number of likely N-dealkylation sites (tertiary alicyclic amines) is 1. The summed E-state index contributed by atoms with van der Waals surface area (Å²) >= 11 is 0. The maximum absolute atomic E-state index is 12.5. The summed E-state index contributed by atoms with van der Waals surface area (Å²) in [4.78, 5) is 56.7. The number of hydrogen-bond acceptors (Lipinski definition) is 5. The number of piperidine rings is 1. The van der Waals surface area contributed by atoms with Gasteiger partial charge in [-0.25, -0.2) is 0 Å². The van der Waals surface area contributed by atoms with Crippen molar-refractivity contribution in [3.05, 3.63) is 59.9 Å². The highest BCUT2D eigenvalue weighted by molar-refractivity contribution is 5.98. The molecular weight excluding hydrogens is 434 g/mol. The minimum atomic E-state index is -0.336. The third kappa shape index (κ3) is 5.78. The molecule has 9 nitrogen and oxygen atoms in total. The highest BCUT2D eigenvalue weighted by Crippen LogP contribution is 2.21. The average molecular weight is 464 g/mol. The van der Waals surface area contributed by atoms with Gasteiger partial charge in [0.15, 0.2) is 0 Å². The third-order valence-electron chi connectivity index (χ3n) is 6.32. The molecule has 1 aromatic heterocycles. The Bertz CT molecular complexity index is 1030. The van der Waals surface area contributed by atoms with E-state index in [0.717, 1.165) is 17.7 Å². The third-order valence-corrected chi connectivity index (χ3v) is 6.32. The van der Waals surface area contributed by atoms with Crippen LogP contribution in [0.2, 0.25) is 0 Å². The second-order valence-electron chi connectivity index (χ2n) is 8.61. The predicted octanol–water partition coefficient (Wildman–Crippen LogP) is 1.49. The molecule has 9 heteroatoms. The summed E-state index contributed by atoms with van der Waals surface area (Å²) in [5.74, 6) is -0.545. The smallest absolute Gasteiger partial charge is 0.251 e. The first-order valence-corrected chi connectivity index (χ1v) is 11.6. The molecule has 2 N–H and O–H groups in total. The number of carbonyl (C=O) groups excluding carboxylic acids is 4. The van der Waals surface area contributed by atoms with Crippen LogP contribution in [0.1, 0.15) is 41.6 Å². The van der Waals surface area contributed by atoms with Crippen LogP contribution in [0.3, 0.4) is 0 Å². The predicted molar refractivity (Wildman–Crippen MR) is 126 cm³/mol. The summed E-state index contributed by atoms with van der Waals surface area (Å²) in [5, 5.41) is 5.60. The maximum Gasteiger partial charge on any atom is 0.251 e.